The van der Waals surface area contributed by atoms with E-state index in [4.69, 9.17) is 19.3 Å². The number of aliphatic carboxylic acids is 1. The molecule has 0 saturated heterocycles. The first kappa shape index (κ1) is 52.0. The van der Waals surface area contributed by atoms with Gasteiger partial charge in [0.2, 0.25) is 17.3 Å². The third kappa shape index (κ3) is 13.4. The Morgan fingerprint density at radius 1 is 0.812 bits per heavy atom. The maximum absolute atomic E-state index is 12.8. The van der Waals surface area contributed by atoms with Gasteiger partial charge in [-0.15, -0.1) is 6.58 Å². The van der Waals surface area contributed by atoms with Crippen molar-refractivity contribution >= 4 is 50.7 Å². The standard InChI is InChI=1S/C54H64N4O10S/c1-6-34-66-51(68-37-50(60)61)38-67-41-23-18-20-39(35-41)52(62)56-32-16-9-15-31-55-49(59)28-12-8-17-33-57-45-30-29-42(69(63,64)65)36-44(45)54(4,5)47(57)26-19-27-48-53(2,3)43-24-13-14-25-46(43)58(48)40-21-10-7-11-22-40/h6-7,10-11,13-14,18-27,29-30,35-36,51H,1,8-9,12,15-17,28,31-34,37-38H2,2-5H3,(H3-,55,56,59,60,61,62,63,64,65)/p+1. The second-order valence-corrected chi connectivity index (χ2v) is 19.5. The fourth-order valence-corrected chi connectivity index (χ4v) is 9.33. The van der Waals surface area contributed by atoms with E-state index in [9.17, 15) is 27.4 Å². The minimum atomic E-state index is -4.41. The van der Waals surface area contributed by atoms with Crippen LogP contribution in [0, 0.1) is 0 Å². The third-order valence-corrected chi connectivity index (χ3v) is 13.3. The maximum Gasteiger partial charge on any atom is 0.329 e. The first-order valence-corrected chi connectivity index (χ1v) is 24.9. The molecule has 366 valence electrons. The number of carboxylic acid groups (broad SMARTS) is 1. The molecule has 2 aliphatic rings. The van der Waals surface area contributed by atoms with Gasteiger partial charge in [-0.05, 0) is 94.0 Å². The summed E-state index contributed by atoms with van der Waals surface area (Å²) in [5.74, 6) is -0.994. The van der Waals surface area contributed by atoms with Crippen molar-refractivity contribution in [2.24, 2.45) is 0 Å². The van der Waals surface area contributed by atoms with Crippen LogP contribution in [0.5, 0.6) is 5.75 Å². The number of amides is 2. The molecule has 2 aliphatic heterocycles. The summed E-state index contributed by atoms with van der Waals surface area (Å²) < 4.78 is 53.0. The molecule has 0 fully saturated rings. The first-order chi connectivity index (χ1) is 33.0. The van der Waals surface area contributed by atoms with Crippen molar-refractivity contribution in [2.45, 2.75) is 94.7 Å². The quantitative estimate of drug-likeness (QED) is 0.0155. The number of nitrogens with one attached hydrogen (secondary N) is 2. The van der Waals surface area contributed by atoms with Gasteiger partial charge >= 0.3 is 5.97 Å². The normalized spacial score (nSPS) is 15.8. The lowest BCUT2D eigenvalue weighted by Crippen LogP contribution is -2.28. The number of allylic oxidation sites excluding steroid dienone is 4. The van der Waals surface area contributed by atoms with Crippen LogP contribution in [0.25, 0.3) is 0 Å². The van der Waals surface area contributed by atoms with E-state index in [-0.39, 0.29) is 35.3 Å². The lowest BCUT2D eigenvalue weighted by atomic mass is 9.81. The molecule has 14 nitrogen and oxygen atoms in total. The van der Waals surface area contributed by atoms with Gasteiger partial charge in [-0.1, -0.05) is 74.9 Å². The number of fused-ring (bicyclic) bond motifs is 2. The Hall–Kier alpha value is -6.39. The Labute approximate surface area is 406 Å². The topological polar surface area (TPSA) is 184 Å². The van der Waals surface area contributed by atoms with E-state index in [0.29, 0.717) is 43.8 Å². The SMILES string of the molecule is C=CCOC(COc1cccc(C(=O)NCCCCCNC(=O)CCCCCN2/C(=C/C=C/C3=[N+](c4ccccc4)c4ccccc4C3(C)C)C(C)(C)c3cc(S(=O)(=O)O)ccc32)c1)OCC(=O)O. The van der Waals surface area contributed by atoms with Crippen molar-refractivity contribution < 1.29 is 46.7 Å². The molecule has 0 saturated carbocycles. The number of carbonyl (C=O) groups is 3. The number of anilines is 1. The second-order valence-electron chi connectivity index (χ2n) is 18.1. The van der Waals surface area contributed by atoms with Gasteiger partial charge in [-0.3, -0.25) is 14.1 Å². The van der Waals surface area contributed by atoms with Crippen molar-refractivity contribution in [3.63, 3.8) is 0 Å². The van der Waals surface area contributed by atoms with Crippen LogP contribution in [0.3, 0.4) is 0 Å². The zero-order chi connectivity index (χ0) is 49.6. The van der Waals surface area contributed by atoms with E-state index in [0.717, 1.165) is 66.1 Å². The molecule has 1 unspecified atom stereocenters. The number of para-hydroxylation sites is 2. The molecule has 0 radical (unpaired) electrons. The predicted molar refractivity (Wildman–Crippen MR) is 269 cm³/mol. The summed E-state index contributed by atoms with van der Waals surface area (Å²) in [5.41, 5.74) is 6.82. The van der Waals surface area contributed by atoms with Gasteiger partial charge in [-0.25, -0.2) is 4.79 Å². The number of hydrogen-bond donors (Lipinski definition) is 4. The van der Waals surface area contributed by atoms with Crippen molar-refractivity contribution in [1.29, 1.82) is 0 Å². The predicted octanol–water partition coefficient (Wildman–Crippen LogP) is 9.02. The Morgan fingerprint density at radius 2 is 1.54 bits per heavy atom. The molecule has 4 N–H and O–H groups in total. The maximum atomic E-state index is 12.8. The molecule has 2 heterocycles. The van der Waals surface area contributed by atoms with Crippen molar-refractivity contribution in [2.75, 3.05) is 44.4 Å². The van der Waals surface area contributed by atoms with Crippen LogP contribution in [0.15, 0.2) is 139 Å². The van der Waals surface area contributed by atoms with Gasteiger partial charge in [0.1, 0.15) is 19.0 Å². The summed E-state index contributed by atoms with van der Waals surface area (Å²) in [6.45, 7) is 13.4. The van der Waals surface area contributed by atoms with Crippen LogP contribution < -0.4 is 24.8 Å². The highest BCUT2D eigenvalue weighted by molar-refractivity contribution is 7.85. The van der Waals surface area contributed by atoms with E-state index in [1.807, 2.05) is 18.2 Å². The molecular formula is C54H65N4O10S+. The third-order valence-electron chi connectivity index (χ3n) is 12.4. The van der Waals surface area contributed by atoms with Crippen LogP contribution >= 0.6 is 0 Å². The van der Waals surface area contributed by atoms with Crippen LogP contribution in [0.4, 0.5) is 17.1 Å². The molecular weight excluding hydrogens is 897 g/mol. The monoisotopic (exact) mass is 961 g/mol. The number of benzene rings is 4. The highest BCUT2D eigenvalue weighted by Crippen LogP contribution is 2.49. The average molecular weight is 962 g/mol. The second kappa shape index (κ2) is 23.8. The highest BCUT2D eigenvalue weighted by Gasteiger charge is 2.45. The number of carbonyl (C=O) groups excluding carboxylic acids is 2. The van der Waals surface area contributed by atoms with Crippen molar-refractivity contribution in [1.82, 2.24) is 15.2 Å². The van der Waals surface area contributed by atoms with Crippen LogP contribution in [-0.2, 0) is 40.0 Å². The number of carboxylic acids is 1. The summed E-state index contributed by atoms with van der Waals surface area (Å²) in [5, 5.41) is 14.8. The zero-order valence-corrected chi connectivity index (χ0v) is 40.8. The van der Waals surface area contributed by atoms with Gasteiger partial charge in [-0.2, -0.15) is 13.0 Å². The van der Waals surface area contributed by atoms with Crippen molar-refractivity contribution in [3.8, 4) is 5.75 Å². The molecule has 6 rings (SSSR count). The molecule has 15 heteroatoms. The smallest absolute Gasteiger partial charge is 0.329 e. The van der Waals surface area contributed by atoms with Crippen LogP contribution in [0.2, 0.25) is 0 Å². The summed E-state index contributed by atoms with van der Waals surface area (Å²) in [6, 6.07) is 30.2. The molecule has 69 heavy (non-hydrogen) atoms. The van der Waals surface area contributed by atoms with Crippen molar-refractivity contribution in [3.05, 3.63) is 150 Å². The fraction of sp³-hybridized carbons (Fsp3) is 0.370. The summed E-state index contributed by atoms with van der Waals surface area (Å²) >= 11 is 0. The van der Waals surface area contributed by atoms with E-state index < -0.39 is 34.4 Å². The highest BCUT2D eigenvalue weighted by atomic mass is 32.2. The van der Waals surface area contributed by atoms with Crippen LogP contribution in [0.1, 0.15) is 94.1 Å². The van der Waals surface area contributed by atoms with Gasteiger partial charge in [0.15, 0.2) is 12.0 Å². The number of rotatable bonds is 26. The summed E-state index contributed by atoms with van der Waals surface area (Å²) in [4.78, 5) is 38.5. The van der Waals surface area contributed by atoms with Gasteiger partial charge in [0.05, 0.1) is 16.9 Å². The largest absolute Gasteiger partial charge is 0.488 e. The van der Waals surface area contributed by atoms with E-state index in [1.165, 1.54) is 17.7 Å². The van der Waals surface area contributed by atoms with Gasteiger partial charge in [0.25, 0.3) is 16.0 Å². The zero-order valence-electron chi connectivity index (χ0n) is 40.0. The summed E-state index contributed by atoms with van der Waals surface area (Å²) in [7, 11) is -4.41. The Bertz CT molecular complexity index is 2680. The molecule has 0 spiro atoms. The Morgan fingerprint density at radius 3 is 2.28 bits per heavy atom. The van der Waals surface area contributed by atoms with E-state index in [1.54, 1.807) is 36.4 Å². The van der Waals surface area contributed by atoms with Gasteiger partial charge < -0.3 is 34.9 Å². The molecule has 4 aromatic carbocycles. The first-order valence-electron chi connectivity index (χ1n) is 23.5. The minimum absolute atomic E-state index is 0.00686. The lowest BCUT2D eigenvalue weighted by Gasteiger charge is -2.27. The molecule has 4 aromatic rings. The lowest BCUT2D eigenvalue weighted by molar-refractivity contribution is -0.172. The fourth-order valence-electron chi connectivity index (χ4n) is 8.82. The molecule has 2 amide bonds. The number of unbranched alkanes of at least 4 members (excludes halogenated alkanes) is 4. The van der Waals surface area contributed by atoms with Gasteiger partial charge in [0, 0.05) is 78.3 Å². The Balaban J connectivity index is 0.973. The summed E-state index contributed by atoms with van der Waals surface area (Å²) in [6.07, 6.45) is 12.0. The minimum Gasteiger partial charge on any atom is -0.488 e. The van der Waals surface area contributed by atoms with E-state index in [2.05, 4.69) is 109 Å². The molecule has 1 atom stereocenters. The number of hydrogen-bond acceptors (Lipinski definition) is 9. The molecule has 0 aromatic heterocycles. The molecule has 0 bridgehead atoms. The van der Waals surface area contributed by atoms with E-state index >= 15 is 0 Å². The average Bonchev–Trinajstić information content (AvgIpc) is 3.68. The molecule has 0 aliphatic carbocycles. The van der Waals surface area contributed by atoms with Crippen LogP contribution in [-0.4, -0.2) is 87.3 Å². The number of ether oxygens (including phenoxy) is 3. The number of nitrogens with zero attached hydrogens (tertiary/aromatic N) is 2. The Kier molecular flexibility index (Phi) is 17.9.